The summed E-state index contributed by atoms with van der Waals surface area (Å²) in [5, 5.41) is 10.6. The predicted octanol–water partition coefficient (Wildman–Crippen LogP) is 0.463. The topological polar surface area (TPSA) is 209 Å². The molecule has 2 aliphatic carbocycles. The van der Waals surface area contributed by atoms with E-state index in [1.807, 2.05) is 74.5 Å². The Labute approximate surface area is 447 Å². The van der Waals surface area contributed by atoms with E-state index in [2.05, 4.69) is 40.8 Å². The summed E-state index contributed by atoms with van der Waals surface area (Å²) >= 11 is 3.38. The summed E-state index contributed by atoms with van der Waals surface area (Å²) in [6.07, 6.45) is 6.48. The maximum Gasteiger partial charge on any atom is 1.00 e. The summed E-state index contributed by atoms with van der Waals surface area (Å²) in [5.74, 6) is 2.05. The van der Waals surface area contributed by atoms with E-state index >= 15 is 0 Å². The SMILES string of the molecule is BrCC1CC1.CCc1cc(=O)oc2nc(OCc3ccccc3)[nH]c(=O)c12.CCc1cc(=O)oc2nc(OCc3ccccc3)nc(OCC3CC3)c12.O=CO[O-].[2H]CF.[H-].[K+].[K+]. The summed E-state index contributed by atoms with van der Waals surface area (Å²) < 4.78 is 42.9. The molecule has 1 N–H and O–H groups in total. The molecule has 2 aliphatic rings. The monoisotopic (exact) mass is 959 g/mol. The summed E-state index contributed by atoms with van der Waals surface area (Å²) in [5.41, 5.74) is 2.22. The second-order valence-corrected chi connectivity index (χ2v) is 13.7. The Kier molecular flexibility index (Phi) is 25.6. The molecule has 316 valence electrons. The van der Waals surface area contributed by atoms with E-state index < -0.39 is 18.4 Å². The van der Waals surface area contributed by atoms with E-state index in [-0.39, 0.29) is 152 Å². The third-order valence-electron chi connectivity index (χ3n) is 8.61. The number of hydrogen-bond donors (Lipinski definition) is 1. The van der Waals surface area contributed by atoms with Crippen LogP contribution in [0.1, 0.15) is 64.6 Å². The van der Waals surface area contributed by atoms with Crippen molar-refractivity contribution in [3.63, 3.8) is 0 Å². The van der Waals surface area contributed by atoms with Gasteiger partial charge in [0.1, 0.15) is 24.0 Å². The van der Waals surface area contributed by atoms with Crippen molar-refractivity contribution < 1.29 is 148 Å². The van der Waals surface area contributed by atoms with Gasteiger partial charge in [-0.15, -0.1) is 0 Å². The standard InChI is InChI=1S/C20H20N2O4.C16H14N2O4.C4H7Br.CH3F.CH2O3.2K.H/c1-2-15-10-16(23)26-19-17(15)18(24-11-14-8-9-14)21-20(22-19)25-12-13-6-4-3-5-7-13;1-2-11-8-12(19)22-15-13(11)14(20)17-16(18-15)21-9-10-6-4-3-5-7-10;5-3-4-1-2-4;1-2;2-1-4-3;;;/h3-7,10,14H,2,8-9,11-12H2,1H3;3-8H,2,9H2,1H3,(H,17,18,20);4H,1-3H2;1H3;1,3H;;;/q;;;;;2*+1;-1/p-1/i;;;1D;;;;. The van der Waals surface area contributed by atoms with Crippen LogP contribution < -0.4 is 139 Å². The third-order valence-corrected chi connectivity index (χ3v) is 9.52. The number of aromatic nitrogens is 4. The number of rotatable bonds is 13. The number of alkyl halides is 2. The molecule has 4 aromatic heterocycles. The van der Waals surface area contributed by atoms with Crippen LogP contribution in [0.15, 0.2) is 96.0 Å². The molecule has 6 aromatic rings. The van der Waals surface area contributed by atoms with Crippen LogP contribution >= 0.6 is 15.9 Å². The molecule has 2 aromatic carbocycles. The van der Waals surface area contributed by atoms with Crippen molar-refractivity contribution in [3.8, 4) is 17.9 Å². The third kappa shape index (κ3) is 18.5. The van der Waals surface area contributed by atoms with E-state index in [1.54, 1.807) is 0 Å². The van der Waals surface area contributed by atoms with Crippen molar-refractivity contribution in [1.82, 2.24) is 19.9 Å². The molecule has 61 heavy (non-hydrogen) atoms. The molecule has 0 amide bonds. The van der Waals surface area contributed by atoms with E-state index in [9.17, 15) is 18.8 Å². The average molecular weight is 961 g/mol. The number of H-pyrrole nitrogens is 1. The van der Waals surface area contributed by atoms with Gasteiger partial charge in [0.15, 0.2) is 0 Å². The molecule has 0 unspecified atom stereocenters. The summed E-state index contributed by atoms with van der Waals surface area (Å²) in [6, 6.07) is 22.2. The zero-order valence-electron chi connectivity index (χ0n) is 36.5. The smallest absolute Gasteiger partial charge is 1.00 e. The number of benzene rings is 2. The molecule has 0 saturated heterocycles. The van der Waals surface area contributed by atoms with Crippen molar-refractivity contribution in [2.45, 2.75) is 65.6 Å². The predicted molar refractivity (Wildman–Crippen MR) is 219 cm³/mol. The fourth-order valence-corrected chi connectivity index (χ4v) is 5.86. The number of carbonyl (C=O) groups is 1. The zero-order chi connectivity index (χ0) is 43.3. The van der Waals surface area contributed by atoms with Crippen LogP contribution in [-0.2, 0) is 35.7 Å². The number of nitrogens with one attached hydrogen (secondary N) is 1. The van der Waals surface area contributed by atoms with Crippen molar-refractivity contribution >= 4 is 44.6 Å². The maximum atomic E-state index is 12.2. The summed E-state index contributed by atoms with van der Waals surface area (Å²) in [4.78, 5) is 62.1. The molecule has 2 saturated carbocycles. The van der Waals surface area contributed by atoms with E-state index in [0.29, 0.717) is 48.8 Å². The largest absolute Gasteiger partial charge is 1.00 e. The van der Waals surface area contributed by atoms with Gasteiger partial charge in [-0.2, -0.15) is 15.0 Å². The summed E-state index contributed by atoms with van der Waals surface area (Å²) in [6.45, 7) is 4.83. The Hall–Kier alpha value is -2.67. The average Bonchev–Trinajstić information content (AvgIpc) is 4.21. The van der Waals surface area contributed by atoms with Gasteiger partial charge in [-0.1, -0.05) is 90.4 Å². The first kappa shape index (κ1) is 52.7. The van der Waals surface area contributed by atoms with E-state index in [4.69, 9.17) is 34.5 Å². The first-order valence-corrected chi connectivity index (χ1v) is 19.8. The Morgan fingerprint density at radius 2 is 1.31 bits per heavy atom. The molecular formula is C42H46BrFK2N4O11. The van der Waals surface area contributed by atoms with Crippen molar-refractivity contribution in [2.75, 3.05) is 19.1 Å². The molecule has 0 aliphatic heterocycles. The van der Waals surface area contributed by atoms with Crippen molar-refractivity contribution in [3.05, 3.63) is 126 Å². The molecule has 0 radical (unpaired) electrons. The molecule has 0 bridgehead atoms. The molecule has 2 fully saturated rings. The second-order valence-electron chi connectivity index (χ2n) is 13.0. The number of hydrogen-bond acceptors (Lipinski definition) is 14. The number of ether oxygens (including phenoxy) is 3. The van der Waals surface area contributed by atoms with Crippen LogP contribution in [-0.4, -0.2) is 45.5 Å². The van der Waals surface area contributed by atoms with Gasteiger partial charge >= 0.3 is 120 Å². The number of carbonyl (C=O) groups excluding carboxylic acids is 1. The van der Waals surface area contributed by atoms with Gasteiger partial charge in [0.05, 0.1) is 15.1 Å². The number of fused-ring (bicyclic) bond motifs is 2. The van der Waals surface area contributed by atoms with Crippen LogP contribution in [0.25, 0.3) is 22.2 Å². The molecule has 0 spiro atoms. The van der Waals surface area contributed by atoms with Crippen molar-refractivity contribution in [1.29, 1.82) is 0 Å². The van der Waals surface area contributed by atoms with Gasteiger partial charge in [-0.3, -0.25) is 19.0 Å². The number of halogens is 2. The fourth-order valence-electron chi connectivity index (χ4n) is 5.22. The van der Waals surface area contributed by atoms with Crippen LogP contribution in [0.4, 0.5) is 4.39 Å². The molecule has 19 heteroatoms. The van der Waals surface area contributed by atoms with Crippen LogP contribution in [0.3, 0.4) is 0 Å². The molecule has 4 heterocycles. The number of aromatic amines is 1. The second kappa shape index (κ2) is 29.7. The molecular weight excluding hydrogens is 914 g/mol. The molecule has 8 rings (SSSR count). The number of nitrogens with zero attached hydrogens (tertiary/aromatic N) is 3. The Morgan fingerprint density at radius 3 is 1.77 bits per heavy atom. The van der Waals surface area contributed by atoms with Gasteiger partial charge < -0.3 is 34.6 Å². The van der Waals surface area contributed by atoms with Crippen LogP contribution in [0.5, 0.6) is 17.9 Å². The van der Waals surface area contributed by atoms with Gasteiger partial charge in [-0.25, -0.2) is 9.59 Å². The Balaban J connectivity index is 0.000000485. The van der Waals surface area contributed by atoms with Crippen LogP contribution in [0, 0.1) is 11.8 Å². The van der Waals surface area contributed by atoms with Crippen LogP contribution in [0.2, 0.25) is 0 Å². The zero-order valence-corrected chi connectivity index (χ0v) is 42.4. The minimum absolute atomic E-state index is 0. The quantitative estimate of drug-likeness (QED) is 0.0549. The van der Waals surface area contributed by atoms with Gasteiger partial charge in [0.25, 0.3) is 18.0 Å². The van der Waals surface area contributed by atoms with Gasteiger partial charge in [-0.05, 0) is 72.6 Å². The minimum atomic E-state index is -1.00. The molecule has 15 nitrogen and oxygen atoms in total. The first-order chi connectivity index (χ1) is 29.2. The Morgan fingerprint density at radius 1 is 0.820 bits per heavy atom. The van der Waals surface area contributed by atoms with Gasteiger partial charge in [0, 0.05) is 17.5 Å². The maximum absolute atomic E-state index is 12.2. The first-order valence-electron chi connectivity index (χ1n) is 19.4. The molecule has 0 atom stereocenters. The van der Waals surface area contributed by atoms with E-state index in [1.165, 1.54) is 43.1 Å². The summed E-state index contributed by atoms with van der Waals surface area (Å²) in [7, 11) is -1.00. The normalized spacial score (nSPS) is 12.3. The minimum Gasteiger partial charge on any atom is -1.00 e. The van der Waals surface area contributed by atoms with E-state index in [0.717, 1.165) is 22.6 Å². The van der Waals surface area contributed by atoms with Gasteiger partial charge in [0.2, 0.25) is 17.3 Å². The fraction of sp³-hybridized carbons (Fsp3) is 0.357. The van der Waals surface area contributed by atoms with Crippen molar-refractivity contribution in [2.24, 2.45) is 11.8 Å². The Bertz CT molecular complexity index is 2430. The number of aryl methyl sites for hydroxylation is 2.